The first-order chi connectivity index (χ1) is 6.24. The van der Waals surface area contributed by atoms with Crippen molar-refractivity contribution >= 4 is 12.6 Å². The highest BCUT2D eigenvalue weighted by atomic mass is 32.1. The van der Waals surface area contributed by atoms with E-state index in [4.69, 9.17) is 0 Å². The van der Waals surface area contributed by atoms with Crippen LogP contribution >= 0.6 is 12.6 Å². The molecule has 1 saturated carbocycles. The summed E-state index contributed by atoms with van der Waals surface area (Å²) in [6, 6.07) is 0.797. The molecule has 1 aliphatic carbocycles. The van der Waals surface area contributed by atoms with Gasteiger partial charge in [-0.25, -0.2) is 0 Å². The Kier molecular flexibility index (Phi) is 4.89. The van der Waals surface area contributed by atoms with E-state index in [1.807, 2.05) is 0 Å². The molecule has 1 fully saturated rings. The first-order valence-corrected chi connectivity index (χ1v) is 5.85. The quantitative estimate of drug-likeness (QED) is 0.538. The van der Waals surface area contributed by atoms with Crippen LogP contribution in [0.5, 0.6) is 0 Å². The summed E-state index contributed by atoms with van der Waals surface area (Å²) in [5.41, 5.74) is 1.23. The third kappa shape index (κ3) is 3.74. The smallest absolute Gasteiger partial charge is 0.0198 e. The van der Waals surface area contributed by atoms with Crippen LogP contribution in [0.15, 0.2) is 12.2 Å². The average molecular weight is 199 g/mol. The van der Waals surface area contributed by atoms with E-state index in [0.717, 1.165) is 18.3 Å². The molecular formula is C11H21NS. The van der Waals surface area contributed by atoms with Crippen molar-refractivity contribution in [2.75, 3.05) is 19.3 Å². The van der Waals surface area contributed by atoms with Gasteiger partial charge in [0, 0.05) is 18.3 Å². The molecule has 0 radical (unpaired) electrons. The zero-order chi connectivity index (χ0) is 9.68. The van der Waals surface area contributed by atoms with Gasteiger partial charge in [0.05, 0.1) is 0 Å². The van der Waals surface area contributed by atoms with E-state index in [1.165, 1.54) is 37.7 Å². The van der Waals surface area contributed by atoms with Crippen LogP contribution in [0.2, 0.25) is 0 Å². The van der Waals surface area contributed by atoms with Gasteiger partial charge < -0.3 is 0 Å². The lowest BCUT2D eigenvalue weighted by Crippen LogP contribution is -2.34. The highest BCUT2D eigenvalue weighted by molar-refractivity contribution is 7.80. The molecule has 1 rings (SSSR count). The van der Waals surface area contributed by atoms with Gasteiger partial charge in [0.15, 0.2) is 0 Å². The average Bonchev–Trinajstić information content (AvgIpc) is 2.19. The van der Waals surface area contributed by atoms with Crippen molar-refractivity contribution in [3.63, 3.8) is 0 Å². The van der Waals surface area contributed by atoms with Crippen LogP contribution in [-0.4, -0.2) is 30.3 Å². The first-order valence-electron chi connectivity index (χ1n) is 5.22. The van der Waals surface area contributed by atoms with E-state index < -0.39 is 0 Å². The van der Waals surface area contributed by atoms with Crippen LogP contribution in [0.3, 0.4) is 0 Å². The maximum Gasteiger partial charge on any atom is 0.0198 e. The van der Waals surface area contributed by atoms with Gasteiger partial charge >= 0.3 is 0 Å². The fourth-order valence-electron chi connectivity index (χ4n) is 2.05. The monoisotopic (exact) mass is 199 g/mol. The topological polar surface area (TPSA) is 3.24 Å². The predicted molar refractivity (Wildman–Crippen MR) is 62.5 cm³/mol. The second-order valence-corrected chi connectivity index (χ2v) is 4.43. The van der Waals surface area contributed by atoms with Gasteiger partial charge in [-0.15, -0.1) is 0 Å². The van der Waals surface area contributed by atoms with Gasteiger partial charge in [0.1, 0.15) is 0 Å². The highest BCUT2D eigenvalue weighted by Gasteiger charge is 2.17. The number of thiol groups is 1. The Morgan fingerprint density at radius 2 is 2.00 bits per heavy atom. The Bertz CT molecular complexity index is 161. The van der Waals surface area contributed by atoms with E-state index in [1.54, 1.807) is 0 Å². The molecule has 0 aliphatic heterocycles. The summed E-state index contributed by atoms with van der Waals surface area (Å²) in [4.78, 5) is 2.44. The van der Waals surface area contributed by atoms with Crippen molar-refractivity contribution in [3.05, 3.63) is 12.2 Å². The highest BCUT2D eigenvalue weighted by Crippen LogP contribution is 2.21. The number of rotatable bonds is 4. The van der Waals surface area contributed by atoms with E-state index in [2.05, 4.69) is 31.2 Å². The Morgan fingerprint density at radius 3 is 2.54 bits per heavy atom. The Morgan fingerprint density at radius 1 is 1.38 bits per heavy atom. The lowest BCUT2D eigenvalue weighted by molar-refractivity contribution is 0.206. The molecule has 0 N–H and O–H groups in total. The van der Waals surface area contributed by atoms with E-state index in [-0.39, 0.29) is 0 Å². The minimum atomic E-state index is 0.797. The predicted octanol–water partition coefficient (Wildman–Crippen LogP) is 2.74. The van der Waals surface area contributed by atoms with Crippen LogP contribution in [0.4, 0.5) is 0 Å². The molecule has 1 nitrogen and oxygen atoms in total. The van der Waals surface area contributed by atoms with Crippen LogP contribution in [0.25, 0.3) is 0 Å². The SMILES string of the molecule is C=C(CS)CN(C)C1CCCCC1. The number of nitrogens with zero attached hydrogens (tertiary/aromatic N) is 1. The van der Waals surface area contributed by atoms with Gasteiger partial charge in [0.25, 0.3) is 0 Å². The molecular weight excluding hydrogens is 178 g/mol. The summed E-state index contributed by atoms with van der Waals surface area (Å²) >= 11 is 4.23. The van der Waals surface area contributed by atoms with Crippen LogP contribution < -0.4 is 0 Å². The summed E-state index contributed by atoms with van der Waals surface area (Å²) in [6.07, 6.45) is 6.98. The number of hydrogen-bond acceptors (Lipinski definition) is 2. The fourth-order valence-corrected chi connectivity index (χ4v) is 2.15. The van der Waals surface area contributed by atoms with Gasteiger partial charge in [-0.1, -0.05) is 31.4 Å². The molecule has 0 aromatic heterocycles. The second-order valence-electron chi connectivity index (χ2n) is 4.12. The van der Waals surface area contributed by atoms with Crippen LogP contribution in [0, 0.1) is 0 Å². The third-order valence-corrected chi connectivity index (χ3v) is 3.34. The van der Waals surface area contributed by atoms with E-state index in [9.17, 15) is 0 Å². The van der Waals surface area contributed by atoms with Crippen molar-refractivity contribution in [1.29, 1.82) is 0 Å². The lowest BCUT2D eigenvalue weighted by Gasteiger charge is -2.31. The van der Waals surface area contributed by atoms with Crippen molar-refractivity contribution in [1.82, 2.24) is 4.90 Å². The maximum absolute atomic E-state index is 4.23. The third-order valence-electron chi connectivity index (χ3n) is 2.89. The van der Waals surface area contributed by atoms with Gasteiger partial charge in [-0.3, -0.25) is 4.90 Å². The summed E-state index contributed by atoms with van der Waals surface area (Å²) < 4.78 is 0. The lowest BCUT2D eigenvalue weighted by atomic mass is 9.94. The van der Waals surface area contributed by atoms with Gasteiger partial charge in [-0.2, -0.15) is 12.6 Å². The summed E-state index contributed by atoms with van der Waals surface area (Å²) in [6.45, 7) is 5.01. The molecule has 0 aromatic rings. The van der Waals surface area contributed by atoms with Gasteiger partial charge in [-0.05, 0) is 19.9 Å². The number of likely N-dealkylation sites (N-methyl/N-ethyl adjacent to an activating group) is 1. The van der Waals surface area contributed by atoms with Crippen molar-refractivity contribution in [2.45, 2.75) is 38.1 Å². The van der Waals surface area contributed by atoms with Crippen molar-refractivity contribution in [2.24, 2.45) is 0 Å². The standard InChI is InChI=1S/C11H21NS/c1-10(9-13)8-12(2)11-6-4-3-5-7-11/h11,13H,1,3-9H2,2H3. The van der Waals surface area contributed by atoms with Crippen molar-refractivity contribution in [3.8, 4) is 0 Å². The van der Waals surface area contributed by atoms with Crippen molar-refractivity contribution < 1.29 is 0 Å². The molecule has 2 heteroatoms. The molecule has 0 aromatic carbocycles. The van der Waals surface area contributed by atoms with Crippen LogP contribution in [-0.2, 0) is 0 Å². The normalized spacial score (nSPS) is 19.3. The minimum Gasteiger partial charge on any atom is -0.299 e. The fraction of sp³-hybridized carbons (Fsp3) is 0.818. The molecule has 0 atom stereocenters. The summed E-state index contributed by atoms with van der Waals surface area (Å²) in [7, 11) is 2.21. The van der Waals surface area contributed by atoms with Crippen LogP contribution in [0.1, 0.15) is 32.1 Å². The Hall–Kier alpha value is 0.0500. The molecule has 0 saturated heterocycles. The van der Waals surface area contributed by atoms with E-state index in [0.29, 0.717) is 0 Å². The molecule has 0 bridgehead atoms. The second kappa shape index (κ2) is 5.71. The molecule has 0 spiro atoms. The molecule has 0 unspecified atom stereocenters. The first kappa shape index (κ1) is 11.1. The maximum atomic E-state index is 4.23. The molecule has 13 heavy (non-hydrogen) atoms. The largest absolute Gasteiger partial charge is 0.299 e. The number of hydrogen-bond donors (Lipinski definition) is 1. The Balaban J connectivity index is 2.28. The molecule has 1 aliphatic rings. The zero-order valence-corrected chi connectivity index (χ0v) is 9.52. The molecule has 0 amide bonds. The summed E-state index contributed by atoms with van der Waals surface area (Å²) in [5, 5.41) is 0. The van der Waals surface area contributed by atoms with Gasteiger partial charge in [0.2, 0.25) is 0 Å². The van der Waals surface area contributed by atoms with E-state index >= 15 is 0 Å². The molecule has 0 heterocycles. The Labute approximate surface area is 87.6 Å². The minimum absolute atomic E-state index is 0.797. The zero-order valence-electron chi connectivity index (χ0n) is 8.63. The summed E-state index contributed by atoms with van der Waals surface area (Å²) in [5.74, 6) is 0.817. The molecule has 76 valence electrons.